The van der Waals surface area contributed by atoms with Crippen molar-refractivity contribution < 1.29 is 14.6 Å². The quantitative estimate of drug-likeness (QED) is 0.750. The highest BCUT2D eigenvalue weighted by Gasteiger charge is 2.29. The van der Waals surface area contributed by atoms with Crippen LogP contribution in [0.25, 0.3) is 11.4 Å². The van der Waals surface area contributed by atoms with Gasteiger partial charge in [0.25, 0.3) is 5.91 Å². The molecule has 1 aromatic carbocycles. The van der Waals surface area contributed by atoms with Crippen LogP contribution in [-0.4, -0.2) is 53.3 Å². The maximum absolute atomic E-state index is 12.3. The second-order valence-corrected chi connectivity index (χ2v) is 6.19. The van der Waals surface area contributed by atoms with Gasteiger partial charge in [-0.3, -0.25) is 4.79 Å². The van der Waals surface area contributed by atoms with Gasteiger partial charge >= 0.3 is 0 Å². The van der Waals surface area contributed by atoms with E-state index in [1.807, 2.05) is 0 Å². The molecular weight excluding hydrogens is 320 g/mol. The molecule has 1 atom stereocenters. The SMILES string of the molecule is COc1ccnc(-c2ccc(C(=O)NCC3(O)CCCNC3)cc2)n1. The zero-order valence-electron chi connectivity index (χ0n) is 14.2. The Balaban J connectivity index is 1.64. The van der Waals surface area contributed by atoms with Gasteiger partial charge in [0.1, 0.15) is 0 Å². The van der Waals surface area contributed by atoms with Gasteiger partial charge in [0.05, 0.1) is 12.7 Å². The Morgan fingerprint density at radius 3 is 2.84 bits per heavy atom. The number of amides is 1. The number of aliphatic hydroxyl groups is 1. The molecule has 0 saturated carbocycles. The van der Waals surface area contributed by atoms with Crippen molar-refractivity contribution in [2.45, 2.75) is 18.4 Å². The number of nitrogens with zero attached hydrogens (tertiary/aromatic N) is 2. The van der Waals surface area contributed by atoms with Crippen molar-refractivity contribution >= 4 is 5.91 Å². The van der Waals surface area contributed by atoms with Gasteiger partial charge in [-0.1, -0.05) is 12.1 Å². The standard InChI is InChI=1S/C18H22N4O3/c1-25-15-7-10-20-16(22-15)13-3-5-14(6-4-13)17(23)21-12-18(24)8-2-9-19-11-18/h3-7,10,19,24H,2,8-9,11-12H2,1H3,(H,21,23). The van der Waals surface area contributed by atoms with E-state index in [1.165, 1.54) is 0 Å². The number of benzene rings is 1. The van der Waals surface area contributed by atoms with E-state index >= 15 is 0 Å². The van der Waals surface area contributed by atoms with Crippen LogP contribution >= 0.6 is 0 Å². The highest BCUT2D eigenvalue weighted by atomic mass is 16.5. The lowest BCUT2D eigenvalue weighted by Gasteiger charge is -2.32. The average molecular weight is 342 g/mol. The molecule has 0 radical (unpaired) electrons. The van der Waals surface area contributed by atoms with E-state index < -0.39 is 5.60 Å². The van der Waals surface area contributed by atoms with Gasteiger partial charge in [0, 0.05) is 36.5 Å². The van der Waals surface area contributed by atoms with Crippen LogP contribution in [0, 0.1) is 0 Å². The number of aromatic nitrogens is 2. The second kappa shape index (κ2) is 7.58. The lowest BCUT2D eigenvalue weighted by atomic mass is 9.94. The predicted molar refractivity (Wildman–Crippen MR) is 93.4 cm³/mol. The number of rotatable bonds is 5. The summed E-state index contributed by atoms with van der Waals surface area (Å²) in [6, 6.07) is 8.70. The first-order valence-electron chi connectivity index (χ1n) is 8.28. The smallest absolute Gasteiger partial charge is 0.251 e. The number of hydrogen-bond donors (Lipinski definition) is 3. The molecule has 25 heavy (non-hydrogen) atoms. The molecule has 2 aromatic rings. The zero-order chi connectivity index (χ0) is 17.7. The molecule has 1 aromatic heterocycles. The van der Waals surface area contributed by atoms with Crippen molar-refractivity contribution in [3.8, 4) is 17.3 Å². The normalized spacial score (nSPS) is 20.1. The molecule has 0 aliphatic carbocycles. The Morgan fingerprint density at radius 2 is 2.16 bits per heavy atom. The molecule has 1 unspecified atom stereocenters. The molecule has 0 bridgehead atoms. The summed E-state index contributed by atoms with van der Waals surface area (Å²) < 4.78 is 5.09. The number of methoxy groups -OCH3 is 1. The van der Waals surface area contributed by atoms with E-state index in [1.54, 1.807) is 43.6 Å². The predicted octanol–water partition coefficient (Wildman–Crippen LogP) is 0.996. The highest BCUT2D eigenvalue weighted by molar-refractivity contribution is 5.94. The van der Waals surface area contributed by atoms with Crippen molar-refractivity contribution in [2.75, 3.05) is 26.7 Å². The topological polar surface area (TPSA) is 96.4 Å². The van der Waals surface area contributed by atoms with Crippen LogP contribution in [0.15, 0.2) is 36.5 Å². The molecule has 132 valence electrons. The number of ether oxygens (including phenoxy) is 1. The molecule has 0 spiro atoms. The Bertz CT molecular complexity index is 727. The maximum atomic E-state index is 12.3. The van der Waals surface area contributed by atoms with E-state index in [9.17, 15) is 9.90 Å². The number of nitrogens with one attached hydrogen (secondary N) is 2. The molecule has 1 saturated heterocycles. The van der Waals surface area contributed by atoms with Gasteiger partial charge in [-0.2, -0.15) is 4.98 Å². The molecule has 7 nitrogen and oxygen atoms in total. The fourth-order valence-electron chi connectivity index (χ4n) is 2.82. The van der Waals surface area contributed by atoms with Crippen molar-refractivity contribution in [1.29, 1.82) is 0 Å². The number of hydrogen-bond acceptors (Lipinski definition) is 6. The van der Waals surface area contributed by atoms with E-state index in [-0.39, 0.29) is 12.5 Å². The summed E-state index contributed by atoms with van der Waals surface area (Å²) in [6.07, 6.45) is 3.22. The molecular formula is C18H22N4O3. The molecule has 1 aliphatic rings. The second-order valence-electron chi connectivity index (χ2n) is 6.19. The summed E-state index contributed by atoms with van der Waals surface area (Å²) in [7, 11) is 1.55. The van der Waals surface area contributed by atoms with Gasteiger partial charge in [0.2, 0.25) is 5.88 Å². The van der Waals surface area contributed by atoms with Gasteiger partial charge in [-0.05, 0) is 31.5 Å². The molecule has 7 heteroatoms. The molecule has 3 rings (SSSR count). The minimum atomic E-state index is -0.873. The summed E-state index contributed by atoms with van der Waals surface area (Å²) in [5.74, 6) is 0.812. The van der Waals surface area contributed by atoms with Crippen molar-refractivity contribution in [3.05, 3.63) is 42.1 Å². The van der Waals surface area contributed by atoms with Crippen LogP contribution < -0.4 is 15.4 Å². The fraction of sp³-hybridized carbons (Fsp3) is 0.389. The number of piperidine rings is 1. The first kappa shape index (κ1) is 17.3. The maximum Gasteiger partial charge on any atom is 0.251 e. The van der Waals surface area contributed by atoms with Crippen LogP contribution in [-0.2, 0) is 0 Å². The van der Waals surface area contributed by atoms with Crippen LogP contribution in [0.1, 0.15) is 23.2 Å². The first-order chi connectivity index (χ1) is 12.1. The highest BCUT2D eigenvalue weighted by Crippen LogP contribution is 2.18. The summed E-state index contributed by atoms with van der Waals surface area (Å²) >= 11 is 0. The average Bonchev–Trinajstić information content (AvgIpc) is 2.67. The molecule has 1 amide bonds. The van der Waals surface area contributed by atoms with E-state index in [0.29, 0.717) is 30.2 Å². The third-order valence-corrected chi connectivity index (χ3v) is 4.27. The monoisotopic (exact) mass is 342 g/mol. The van der Waals surface area contributed by atoms with Gasteiger partial charge in [0.15, 0.2) is 5.82 Å². The molecule has 3 N–H and O–H groups in total. The summed E-state index contributed by atoms with van der Waals surface area (Å²) in [6.45, 7) is 1.64. The third kappa shape index (κ3) is 4.32. The lowest BCUT2D eigenvalue weighted by molar-refractivity contribution is 0.0170. The third-order valence-electron chi connectivity index (χ3n) is 4.27. The van der Waals surface area contributed by atoms with Crippen molar-refractivity contribution in [1.82, 2.24) is 20.6 Å². The number of β-amino-alcohol motifs (C(OH)–C–C–N with tert-alkyl or cyclic N) is 1. The fourth-order valence-corrected chi connectivity index (χ4v) is 2.82. The lowest BCUT2D eigenvalue weighted by Crippen LogP contribution is -2.52. The Labute approximate surface area is 146 Å². The van der Waals surface area contributed by atoms with Crippen molar-refractivity contribution in [2.24, 2.45) is 0 Å². The molecule has 2 heterocycles. The molecule has 1 fully saturated rings. The number of carbonyl (C=O) groups excluding carboxylic acids is 1. The Kier molecular flexibility index (Phi) is 5.25. The minimum absolute atomic E-state index is 0.211. The van der Waals surface area contributed by atoms with E-state index in [2.05, 4.69) is 20.6 Å². The Morgan fingerprint density at radius 1 is 1.36 bits per heavy atom. The van der Waals surface area contributed by atoms with E-state index in [0.717, 1.165) is 18.5 Å². The van der Waals surface area contributed by atoms with Gasteiger partial charge < -0.3 is 20.5 Å². The number of carbonyl (C=O) groups is 1. The van der Waals surface area contributed by atoms with Gasteiger partial charge in [-0.25, -0.2) is 4.98 Å². The van der Waals surface area contributed by atoms with Crippen molar-refractivity contribution in [3.63, 3.8) is 0 Å². The van der Waals surface area contributed by atoms with Crippen LogP contribution in [0.3, 0.4) is 0 Å². The summed E-state index contributed by atoms with van der Waals surface area (Å²) in [5.41, 5.74) is 0.451. The Hall–Kier alpha value is -2.51. The summed E-state index contributed by atoms with van der Waals surface area (Å²) in [4.78, 5) is 20.8. The van der Waals surface area contributed by atoms with Crippen LogP contribution in [0.5, 0.6) is 5.88 Å². The van der Waals surface area contributed by atoms with Crippen LogP contribution in [0.4, 0.5) is 0 Å². The molecule has 1 aliphatic heterocycles. The minimum Gasteiger partial charge on any atom is -0.481 e. The zero-order valence-corrected chi connectivity index (χ0v) is 14.2. The first-order valence-corrected chi connectivity index (χ1v) is 8.28. The largest absolute Gasteiger partial charge is 0.481 e. The van der Waals surface area contributed by atoms with Gasteiger partial charge in [-0.15, -0.1) is 0 Å². The van der Waals surface area contributed by atoms with Crippen LogP contribution in [0.2, 0.25) is 0 Å². The van der Waals surface area contributed by atoms with E-state index in [4.69, 9.17) is 4.74 Å². The summed E-state index contributed by atoms with van der Waals surface area (Å²) in [5, 5.41) is 16.4.